The second-order valence-corrected chi connectivity index (χ2v) is 5.31. The first-order chi connectivity index (χ1) is 8.79. The molecule has 5 heteroatoms. The lowest BCUT2D eigenvalue weighted by atomic mass is 9.79. The van der Waals surface area contributed by atoms with Gasteiger partial charge in [-0.2, -0.15) is 13.2 Å². The molecule has 0 aromatic heterocycles. The summed E-state index contributed by atoms with van der Waals surface area (Å²) < 4.78 is 64.3. The van der Waals surface area contributed by atoms with Gasteiger partial charge in [0.25, 0.3) is 0 Å². The molecule has 106 valence electrons. The Morgan fingerprint density at radius 3 is 1.84 bits per heavy atom. The largest absolute Gasteiger partial charge is 0.422 e. The van der Waals surface area contributed by atoms with E-state index in [0.717, 1.165) is 37.8 Å². The minimum atomic E-state index is -4.99. The molecule has 19 heavy (non-hydrogen) atoms. The quantitative estimate of drug-likeness (QED) is 0.613. The van der Waals surface area contributed by atoms with Gasteiger partial charge in [0, 0.05) is 0 Å². The van der Waals surface area contributed by atoms with E-state index < -0.39 is 23.4 Å². The fourth-order valence-corrected chi connectivity index (χ4v) is 2.69. The molecular formula is C14H15F5. The molecule has 0 amide bonds. The molecule has 0 N–H and O–H groups in total. The molecule has 0 nitrogen and oxygen atoms in total. The molecule has 0 saturated heterocycles. The zero-order chi connectivity index (χ0) is 14.2. The summed E-state index contributed by atoms with van der Waals surface area (Å²) in [5.41, 5.74) is -1.45. The molecule has 1 aliphatic rings. The molecule has 0 bridgehead atoms. The van der Waals surface area contributed by atoms with E-state index in [2.05, 4.69) is 6.92 Å². The van der Waals surface area contributed by atoms with Gasteiger partial charge in [-0.25, -0.2) is 8.78 Å². The van der Waals surface area contributed by atoms with Crippen molar-refractivity contribution in [3.63, 3.8) is 0 Å². The second kappa shape index (κ2) is 5.10. The van der Waals surface area contributed by atoms with Gasteiger partial charge < -0.3 is 0 Å². The summed E-state index contributed by atoms with van der Waals surface area (Å²) in [5, 5.41) is 0. The SMILES string of the molecule is CC1CCC(c2cc(F)c(C(F)(F)F)c(F)c2)CC1. The molecule has 0 radical (unpaired) electrons. The average Bonchev–Trinajstić information content (AvgIpc) is 2.26. The van der Waals surface area contributed by atoms with Crippen LogP contribution in [0.15, 0.2) is 12.1 Å². The molecule has 1 aromatic carbocycles. The van der Waals surface area contributed by atoms with Gasteiger partial charge >= 0.3 is 6.18 Å². The summed E-state index contributed by atoms with van der Waals surface area (Å²) in [7, 11) is 0. The van der Waals surface area contributed by atoms with Crippen LogP contribution in [-0.2, 0) is 6.18 Å². The molecule has 0 unspecified atom stereocenters. The zero-order valence-electron chi connectivity index (χ0n) is 10.5. The Labute approximate surface area is 108 Å². The molecule has 1 aromatic rings. The fraction of sp³-hybridized carbons (Fsp3) is 0.571. The highest BCUT2D eigenvalue weighted by molar-refractivity contribution is 5.30. The normalized spacial score (nSPS) is 24.5. The molecule has 0 spiro atoms. The number of rotatable bonds is 1. The average molecular weight is 278 g/mol. The van der Waals surface area contributed by atoms with Crippen LogP contribution >= 0.6 is 0 Å². The molecule has 1 saturated carbocycles. The van der Waals surface area contributed by atoms with E-state index in [4.69, 9.17) is 0 Å². The van der Waals surface area contributed by atoms with Crippen molar-refractivity contribution in [1.29, 1.82) is 0 Å². The maximum absolute atomic E-state index is 13.5. The van der Waals surface area contributed by atoms with Crippen LogP contribution in [0.4, 0.5) is 22.0 Å². The summed E-state index contributed by atoms with van der Waals surface area (Å²) in [5.74, 6) is -2.50. The van der Waals surface area contributed by atoms with Crippen molar-refractivity contribution < 1.29 is 22.0 Å². The lowest BCUT2D eigenvalue weighted by Gasteiger charge is -2.26. The highest BCUT2D eigenvalue weighted by Gasteiger charge is 2.38. The maximum Gasteiger partial charge on any atom is 0.422 e. The van der Waals surface area contributed by atoms with Crippen LogP contribution < -0.4 is 0 Å². The minimum absolute atomic E-state index is 0.0394. The van der Waals surface area contributed by atoms with Crippen molar-refractivity contribution in [3.05, 3.63) is 34.9 Å². The zero-order valence-corrected chi connectivity index (χ0v) is 10.5. The molecule has 2 rings (SSSR count). The van der Waals surface area contributed by atoms with Crippen molar-refractivity contribution in [1.82, 2.24) is 0 Å². The summed E-state index contributed by atoms with van der Waals surface area (Å²) >= 11 is 0. The number of hydrogen-bond acceptors (Lipinski definition) is 0. The van der Waals surface area contributed by atoms with Gasteiger partial charge in [-0.05, 0) is 42.4 Å². The third-order valence-corrected chi connectivity index (χ3v) is 3.84. The topological polar surface area (TPSA) is 0 Å². The maximum atomic E-state index is 13.5. The fourth-order valence-electron chi connectivity index (χ4n) is 2.69. The van der Waals surface area contributed by atoms with Gasteiger partial charge in [0.15, 0.2) is 0 Å². The standard InChI is InChI=1S/C14H15F5/c1-8-2-4-9(5-3-8)10-6-11(15)13(12(16)7-10)14(17,18)19/h6-9H,2-5H2,1H3. The molecule has 0 aliphatic heterocycles. The van der Waals surface area contributed by atoms with E-state index in [1.54, 1.807) is 0 Å². The lowest BCUT2D eigenvalue weighted by Crippen LogP contribution is -2.15. The predicted octanol–water partition coefficient (Wildman–Crippen LogP) is 5.28. The predicted molar refractivity (Wildman–Crippen MR) is 61.7 cm³/mol. The summed E-state index contributed by atoms with van der Waals surface area (Å²) in [4.78, 5) is 0. The number of hydrogen-bond donors (Lipinski definition) is 0. The Morgan fingerprint density at radius 2 is 1.42 bits per heavy atom. The van der Waals surface area contributed by atoms with Crippen LogP contribution in [0.1, 0.15) is 49.7 Å². The van der Waals surface area contributed by atoms with Crippen LogP contribution in [0.2, 0.25) is 0 Å². The summed E-state index contributed by atoms with van der Waals surface area (Å²) in [6, 6.07) is 1.68. The first-order valence-electron chi connectivity index (χ1n) is 6.35. The summed E-state index contributed by atoms with van der Waals surface area (Å²) in [6.07, 6.45) is -1.57. The van der Waals surface area contributed by atoms with E-state index >= 15 is 0 Å². The first kappa shape index (κ1) is 14.3. The van der Waals surface area contributed by atoms with Crippen LogP contribution in [0.3, 0.4) is 0 Å². The van der Waals surface area contributed by atoms with E-state index in [-0.39, 0.29) is 5.92 Å². The Balaban J connectivity index is 2.30. The third-order valence-electron chi connectivity index (χ3n) is 3.84. The Kier molecular flexibility index (Phi) is 3.83. The smallest absolute Gasteiger partial charge is 0.206 e. The number of benzene rings is 1. The van der Waals surface area contributed by atoms with Gasteiger partial charge in [0.2, 0.25) is 0 Å². The van der Waals surface area contributed by atoms with Gasteiger partial charge in [0.1, 0.15) is 17.2 Å². The van der Waals surface area contributed by atoms with Crippen molar-refractivity contribution in [2.24, 2.45) is 5.92 Å². The van der Waals surface area contributed by atoms with Crippen molar-refractivity contribution >= 4 is 0 Å². The van der Waals surface area contributed by atoms with E-state index in [1.807, 2.05) is 0 Å². The van der Waals surface area contributed by atoms with E-state index in [1.165, 1.54) is 0 Å². The molecule has 1 fully saturated rings. The van der Waals surface area contributed by atoms with Crippen molar-refractivity contribution in [2.45, 2.75) is 44.7 Å². The van der Waals surface area contributed by atoms with E-state index in [9.17, 15) is 22.0 Å². The molecule has 1 aliphatic carbocycles. The Bertz CT molecular complexity index is 432. The lowest BCUT2D eigenvalue weighted by molar-refractivity contribution is -0.142. The highest BCUT2D eigenvalue weighted by Crippen LogP contribution is 2.39. The first-order valence-corrected chi connectivity index (χ1v) is 6.35. The van der Waals surface area contributed by atoms with Crippen molar-refractivity contribution in [2.75, 3.05) is 0 Å². The Hall–Kier alpha value is -1.13. The van der Waals surface area contributed by atoms with Gasteiger partial charge in [0.05, 0.1) is 0 Å². The molecule has 0 atom stereocenters. The van der Waals surface area contributed by atoms with Crippen molar-refractivity contribution in [3.8, 4) is 0 Å². The van der Waals surface area contributed by atoms with Crippen LogP contribution in [-0.4, -0.2) is 0 Å². The third kappa shape index (κ3) is 3.07. The number of halogens is 5. The second-order valence-electron chi connectivity index (χ2n) is 5.31. The monoisotopic (exact) mass is 278 g/mol. The van der Waals surface area contributed by atoms with Gasteiger partial charge in [-0.1, -0.05) is 19.8 Å². The summed E-state index contributed by atoms with van der Waals surface area (Å²) in [6.45, 7) is 2.10. The van der Waals surface area contributed by atoms with Gasteiger partial charge in [-0.15, -0.1) is 0 Å². The number of alkyl halides is 3. The minimum Gasteiger partial charge on any atom is -0.206 e. The van der Waals surface area contributed by atoms with Crippen LogP contribution in [0, 0.1) is 17.6 Å². The highest BCUT2D eigenvalue weighted by atomic mass is 19.4. The van der Waals surface area contributed by atoms with Gasteiger partial charge in [-0.3, -0.25) is 0 Å². The molecule has 0 heterocycles. The molecular weight excluding hydrogens is 263 g/mol. The van der Waals surface area contributed by atoms with Crippen LogP contribution in [0.25, 0.3) is 0 Å². The Morgan fingerprint density at radius 1 is 0.947 bits per heavy atom. The van der Waals surface area contributed by atoms with E-state index in [0.29, 0.717) is 11.5 Å². The van der Waals surface area contributed by atoms with Crippen LogP contribution in [0.5, 0.6) is 0 Å².